The average Bonchev–Trinajstić information content (AvgIpc) is 2.95. The van der Waals surface area contributed by atoms with Gasteiger partial charge in [-0.25, -0.2) is 0 Å². The first kappa shape index (κ1) is 15.0. The topological polar surface area (TPSA) is 78.0 Å². The molecular formula is C15H25N3O2. The van der Waals surface area contributed by atoms with E-state index in [1.54, 1.807) is 0 Å². The lowest BCUT2D eigenvalue weighted by Gasteiger charge is -2.19. The van der Waals surface area contributed by atoms with Crippen LogP contribution >= 0.6 is 0 Å². The van der Waals surface area contributed by atoms with Gasteiger partial charge in [0.2, 0.25) is 0 Å². The number of hydrogen-bond acceptors (Lipinski definition) is 3. The predicted molar refractivity (Wildman–Crippen MR) is 77.6 cm³/mol. The highest BCUT2D eigenvalue weighted by atomic mass is 16.3. The van der Waals surface area contributed by atoms with Crippen molar-refractivity contribution in [3.8, 4) is 0 Å². The smallest absolute Gasteiger partial charge is 0.271 e. The maximum Gasteiger partial charge on any atom is 0.271 e. The first-order valence-electron chi connectivity index (χ1n) is 7.59. The Hall–Kier alpha value is -1.36. The molecule has 1 heterocycles. The van der Waals surface area contributed by atoms with Crippen LogP contribution in [0.25, 0.3) is 0 Å². The van der Waals surface area contributed by atoms with Crippen molar-refractivity contribution in [1.29, 1.82) is 0 Å². The summed E-state index contributed by atoms with van der Waals surface area (Å²) >= 11 is 0. The van der Waals surface area contributed by atoms with Gasteiger partial charge < -0.3 is 10.4 Å². The van der Waals surface area contributed by atoms with Crippen molar-refractivity contribution in [2.45, 2.75) is 58.0 Å². The molecule has 0 aliphatic heterocycles. The zero-order valence-corrected chi connectivity index (χ0v) is 12.4. The minimum Gasteiger partial charge on any atom is -0.391 e. The van der Waals surface area contributed by atoms with Crippen molar-refractivity contribution in [3.05, 3.63) is 17.5 Å². The van der Waals surface area contributed by atoms with Crippen molar-refractivity contribution in [2.75, 3.05) is 6.54 Å². The maximum atomic E-state index is 12.0. The van der Waals surface area contributed by atoms with E-state index in [1.165, 1.54) is 32.1 Å². The number of aliphatic hydroxyl groups is 1. The van der Waals surface area contributed by atoms with E-state index in [2.05, 4.69) is 15.5 Å². The van der Waals surface area contributed by atoms with Crippen LogP contribution in [-0.2, 0) is 0 Å². The van der Waals surface area contributed by atoms with Crippen LogP contribution in [0.4, 0.5) is 0 Å². The molecule has 1 atom stereocenters. The summed E-state index contributed by atoms with van der Waals surface area (Å²) in [5.74, 6) is 0.425. The minimum absolute atomic E-state index is 0.132. The molecule has 0 spiro atoms. The highest BCUT2D eigenvalue weighted by molar-refractivity contribution is 5.92. The van der Waals surface area contributed by atoms with Gasteiger partial charge >= 0.3 is 0 Å². The van der Waals surface area contributed by atoms with E-state index >= 15 is 0 Å². The zero-order chi connectivity index (χ0) is 14.5. The Kier molecular flexibility index (Phi) is 5.17. The Balaban J connectivity index is 1.89. The minimum atomic E-state index is -0.518. The number of nitrogens with one attached hydrogen (secondary N) is 2. The number of aromatic nitrogens is 2. The molecule has 1 aromatic rings. The molecule has 1 aliphatic rings. The molecule has 0 radical (unpaired) electrons. The average molecular weight is 279 g/mol. The maximum absolute atomic E-state index is 12.0. The molecule has 1 saturated carbocycles. The quantitative estimate of drug-likeness (QED) is 0.773. The van der Waals surface area contributed by atoms with E-state index in [-0.39, 0.29) is 18.4 Å². The summed E-state index contributed by atoms with van der Waals surface area (Å²) in [4.78, 5) is 12.0. The lowest BCUT2D eigenvalue weighted by atomic mass is 9.87. The molecule has 1 unspecified atom stereocenters. The Labute approximate surface area is 120 Å². The van der Waals surface area contributed by atoms with Gasteiger partial charge in [-0.3, -0.25) is 9.89 Å². The number of aromatic amines is 1. The van der Waals surface area contributed by atoms with E-state index in [0.29, 0.717) is 11.6 Å². The third-order valence-corrected chi connectivity index (χ3v) is 4.12. The summed E-state index contributed by atoms with van der Waals surface area (Å²) < 4.78 is 0. The standard InChI is InChI=1S/C15H25N3O2/c1-10(2)14(19)9-16-15(20)13-8-12(17-18-13)11-6-4-3-5-7-11/h8,10-11,14,19H,3-7,9H2,1-2H3,(H,16,20)(H,17,18). The predicted octanol–water partition coefficient (Wildman–Crippen LogP) is 2.20. The normalized spacial score (nSPS) is 18.2. The Bertz CT molecular complexity index is 436. The van der Waals surface area contributed by atoms with Gasteiger partial charge in [-0.2, -0.15) is 5.10 Å². The Morgan fingerprint density at radius 1 is 1.45 bits per heavy atom. The third-order valence-electron chi connectivity index (χ3n) is 4.12. The number of nitrogens with zero attached hydrogens (tertiary/aromatic N) is 1. The largest absolute Gasteiger partial charge is 0.391 e. The van der Waals surface area contributed by atoms with Gasteiger partial charge in [-0.15, -0.1) is 0 Å². The third kappa shape index (κ3) is 3.82. The SMILES string of the molecule is CC(C)C(O)CNC(=O)c1cc(C2CCCCC2)[nH]n1. The molecule has 20 heavy (non-hydrogen) atoms. The number of aliphatic hydroxyl groups excluding tert-OH is 1. The van der Waals surface area contributed by atoms with Crippen LogP contribution in [0.5, 0.6) is 0 Å². The van der Waals surface area contributed by atoms with Gasteiger partial charge in [-0.1, -0.05) is 33.1 Å². The number of carbonyl (C=O) groups is 1. The Morgan fingerprint density at radius 3 is 2.80 bits per heavy atom. The van der Waals surface area contributed by atoms with Crippen molar-refractivity contribution < 1.29 is 9.90 Å². The fraction of sp³-hybridized carbons (Fsp3) is 0.733. The fourth-order valence-corrected chi connectivity index (χ4v) is 2.60. The fourth-order valence-electron chi connectivity index (χ4n) is 2.60. The zero-order valence-electron chi connectivity index (χ0n) is 12.4. The van der Waals surface area contributed by atoms with Crippen molar-refractivity contribution in [2.24, 2.45) is 5.92 Å². The van der Waals surface area contributed by atoms with E-state index < -0.39 is 6.10 Å². The molecule has 0 saturated heterocycles. The molecule has 1 fully saturated rings. The van der Waals surface area contributed by atoms with Crippen LogP contribution in [0.15, 0.2) is 6.07 Å². The second kappa shape index (κ2) is 6.88. The number of carbonyl (C=O) groups excluding carboxylic acids is 1. The van der Waals surface area contributed by atoms with Gasteiger partial charge in [0.25, 0.3) is 5.91 Å². The molecule has 0 bridgehead atoms. The second-order valence-electron chi connectivity index (χ2n) is 6.06. The number of amides is 1. The molecule has 1 amide bonds. The molecule has 5 nitrogen and oxygen atoms in total. The summed E-state index contributed by atoms with van der Waals surface area (Å²) in [6.07, 6.45) is 5.66. The van der Waals surface area contributed by atoms with E-state index in [4.69, 9.17) is 0 Å². The molecule has 2 rings (SSSR count). The summed E-state index contributed by atoms with van der Waals surface area (Å²) in [5, 5.41) is 19.5. The number of H-pyrrole nitrogens is 1. The van der Waals surface area contributed by atoms with Crippen LogP contribution < -0.4 is 5.32 Å². The first-order chi connectivity index (χ1) is 9.58. The number of rotatable bonds is 5. The van der Waals surface area contributed by atoms with Gasteiger partial charge in [0, 0.05) is 18.2 Å². The van der Waals surface area contributed by atoms with Gasteiger partial charge in [0.15, 0.2) is 0 Å². The van der Waals surface area contributed by atoms with Gasteiger partial charge in [0.05, 0.1) is 6.10 Å². The number of hydrogen-bond donors (Lipinski definition) is 3. The van der Waals surface area contributed by atoms with E-state index in [1.807, 2.05) is 19.9 Å². The van der Waals surface area contributed by atoms with Gasteiger partial charge in [-0.05, 0) is 24.8 Å². The molecule has 3 N–H and O–H groups in total. The van der Waals surface area contributed by atoms with Crippen LogP contribution in [0.1, 0.15) is 68.1 Å². The Morgan fingerprint density at radius 2 is 2.15 bits per heavy atom. The molecule has 1 aromatic heterocycles. The molecule has 1 aliphatic carbocycles. The van der Waals surface area contributed by atoms with Crippen LogP contribution in [0, 0.1) is 5.92 Å². The van der Waals surface area contributed by atoms with Crippen LogP contribution in [0.3, 0.4) is 0 Å². The summed E-state index contributed by atoms with van der Waals surface area (Å²) in [7, 11) is 0. The van der Waals surface area contributed by atoms with Crippen molar-refractivity contribution >= 4 is 5.91 Å². The van der Waals surface area contributed by atoms with E-state index in [0.717, 1.165) is 5.69 Å². The summed E-state index contributed by atoms with van der Waals surface area (Å²) in [5.41, 5.74) is 1.49. The van der Waals surface area contributed by atoms with Crippen molar-refractivity contribution in [1.82, 2.24) is 15.5 Å². The first-order valence-corrected chi connectivity index (χ1v) is 7.59. The van der Waals surface area contributed by atoms with Crippen molar-refractivity contribution in [3.63, 3.8) is 0 Å². The summed E-state index contributed by atoms with van der Waals surface area (Å²) in [6, 6.07) is 1.85. The van der Waals surface area contributed by atoms with E-state index in [9.17, 15) is 9.90 Å². The highest BCUT2D eigenvalue weighted by Crippen LogP contribution is 2.31. The highest BCUT2D eigenvalue weighted by Gasteiger charge is 2.20. The lowest BCUT2D eigenvalue weighted by Crippen LogP contribution is -2.34. The lowest BCUT2D eigenvalue weighted by molar-refractivity contribution is 0.0867. The van der Waals surface area contributed by atoms with Crippen LogP contribution in [0.2, 0.25) is 0 Å². The molecular weight excluding hydrogens is 254 g/mol. The van der Waals surface area contributed by atoms with Gasteiger partial charge in [0.1, 0.15) is 5.69 Å². The summed E-state index contributed by atoms with van der Waals surface area (Å²) in [6.45, 7) is 4.11. The van der Waals surface area contributed by atoms with Crippen LogP contribution in [-0.4, -0.2) is 33.9 Å². The molecule has 0 aromatic carbocycles. The molecule has 112 valence electrons. The molecule has 5 heteroatoms. The second-order valence-corrected chi connectivity index (χ2v) is 6.06. The monoisotopic (exact) mass is 279 g/mol.